The number of aryl methyl sites for hydroxylation is 1. The molecule has 1 heterocycles. The molecule has 0 spiro atoms. The van der Waals surface area contributed by atoms with Crippen LogP contribution >= 0.6 is 0 Å². The van der Waals surface area contributed by atoms with Gasteiger partial charge in [0.05, 0.1) is 12.5 Å². The second kappa shape index (κ2) is 8.67. The molecule has 1 fully saturated rings. The summed E-state index contributed by atoms with van der Waals surface area (Å²) in [6.07, 6.45) is 4.06. The summed E-state index contributed by atoms with van der Waals surface area (Å²) in [5.41, 5.74) is 2.55. The number of hydrogen-bond donors (Lipinski definition) is 1. The predicted octanol–water partition coefficient (Wildman–Crippen LogP) is 2.17. The number of nitrogens with zero attached hydrogens (tertiary/aromatic N) is 2. The van der Waals surface area contributed by atoms with Gasteiger partial charge in [-0.15, -0.1) is 0 Å². The molecule has 5 heteroatoms. The smallest absolute Gasteiger partial charge is 0.234 e. The van der Waals surface area contributed by atoms with Crippen molar-refractivity contribution in [3.8, 4) is 0 Å². The van der Waals surface area contributed by atoms with Crippen LogP contribution in [0.3, 0.4) is 0 Å². The number of carbonyl (C=O) groups is 2. The van der Waals surface area contributed by atoms with Crippen molar-refractivity contribution in [3.63, 3.8) is 0 Å². The minimum Gasteiger partial charge on any atom is -0.353 e. The first kappa shape index (κ1) is 18.9. The number of nitrogens with one attached hydrogen (secondary N) is 1. The van der Waals surface area contributed by atoms with Crippen molar-refractivity contribution in [1.82, 2.24) is 15.1 Å². The summed E-state index contributed by atoms with van der Waals surface area (Å²) >= 11 is 0. The van der Waals surface area contributed by atoms with Crippen molar-refractivity contribution in [3.05, 3.63) is 35.4 Å². The first-order valence-electron chi connectivity index (χ1n) is 9.96. The summed E-state index contributed by atoms with van der Waals surface area (Å²) in [5.74, 6) is 0.362. The second-order valence-corrected chi connectivity index (χ2v) is 7.62. The zero-order chi connectivity index (χ0) is 18.5. The molecule has 2 atom stereocenters. The minimum atomic E-state index is 0.0141. The molecule has 1 aromatic rings. The zero-order valence-electron chi connectivity index (χ0n) is 16.0. The number of benzene rings is 1. The van der Waals surface area contributed by atoms with E-state index in [1.54, 1.807) is 0 Å². The maximum absolute atomic E-state index is 13.1. The van der Waals surface area contributed by atoms with Crippen LogP contribution in [-0.4, -0.2) is 60.4 Å². The molecule has 0 aromatic heterocycles. The Labute approximate surface area is 156 Å². The summed E-state index contributed by atoms with van der Waals surface area (Å²) < 4.78 is 0. The lowest BCUT2D eigenvalue weighted by molar-refractivity contribution is -0.135. The van der Waals surface area contributed by atoms with Gasteiger partial charge in [-0.25, -0.2) is 0 Å². The van der Waals surface area contributed by atoms with Crippen LogP contribution < -0.4 is 5.32 Å². The molecule has 2 unspecified atom stereocenters. The van der Waals surface area contributed by atoms with Crippen LogP contribution in [0.5, 0.6) is 0 Å². The number of fused-ring (bicyclic) bond motifs is 1. The molecule has 2 amide bonds. The van der Waals surface area contributed by atoms with Gasteiger partial charge in [-0.1, -0.05) is 31.2 Å². The van der Waals surface area contributed by atoms with Gasteiger partial charge >= 0.3 is 0 Å². The van der Waals surface area contributed by atoms with E-state index in [4.69, 9.17) is 0 Å². The van der Waals surface area contributed by atoms with Gasteiger partial charge in [-0.05, 0) is 43.7 Å². The van der Waals surface area contributed by atoms with Crippen LogP contribution in [0.2, 0.25) is 0 Å². The van der Waals surface area contributed by atoms with E-state index >= 15 is 0 Å². The van der Waals surface area contributed by atoms with Gasteiger partial charge in [0.1, 0.15) is 0 Å². The maximum atomic E-state index is 13.1. The van der Waals surface area contributed by atoms with E-state index in [1.807, 2.05) is 17.9 Å². The van der Waals surface area contributed by atoms with Gasteiger partial charge < -0.3 is 10.2 Å². The van der Waals surface area contributed by atoms with Crippen molar-refractivity contribution in [2.24, 2.45) is 0 Å². The highest BCUT2D eigenvalue weighted by Gasteiger charge is 2.31. The SMILES string of the molecule is CCC(C)NC(=O)CN1CCN(C(=O)C2CCCc3ccccc32)CC1. The van der Waals surface area contributed by atoms with Gasteiger partial charge in [0.2, 0.25) is 11.8 Å². The van der Waals surface area contributed by atoms with Gasteiger partial charge in [0, 0.05) is 32.2 Å². The Balaban J connectivity index is 1.52. The fraction of sp³-hybridized carbons (Fsp3) is 0.619. The largest absolute Gasteiger partial charge is 0.353 e. The lowest BCUT2D eigenvalue weighted by Gasteiger charge is -2.37. The van der Waals surface area contributed by atoms with Gasteiger partial charge in [-0.3, -0.25) is 14.5 Å². The molecular formula is C21H31N3O2. The van der Waals surface area contributed by atoms with E-state index in [9.17, 15) is 9.59 Å². The molecule has 1 saturated heterocycles. The van der Waals surface area contributed by atoms with Crippen LogP contribution in [0.25, 0.3) is 0 Å². The molecule has 142 valence electrons. The molecule has 1 aromatic carbocycles. The van der Waals surface area contributed by atoms with Gasteiger partial charge in [0.15, 0.2) is 0 Å². The molecule has 0 saturated carbocycles. The summed E-state index contributed by atoms with van der Waals surface area (Å²) in [6, 6.07) is 8.60. The standard InChI is InChI=1S/C21H31N3O2/c1-3-16(2)22-20(25)15-23-11-13-24(14-12-23)21(26)19-10-6-8-17-7-4-5-9-18(17)19/h4-5,7,9,16,19H,3,6,8,10-15H2,1-2H3,(H,22,25). The Hall–Kier alpha value is -1.88. The lowest BCUT2D eigenvalue weighted by Crippen LogP contribution is -2.52. The Kier molecular flexibility index (Phi) is 6.30. The topological polar surface area (TPSA) is 52.7 Å². The monoisotopic (exact) mass is 357 g/mol. The van der Waals surface area contributed by atoms with E-state index in [-0.39, 0.29) is 23.8 Å². The van der Waals surface area contributed by atoms with E-state index in [0.29, 0.717) is 19.6 Å². The van der Waals surface area contributed by atoms with Crippen molar-refractivity contribution in [1.29, 1.82) is 0 Å². The van der Waals surface area contributed by atoms with Crippen molar-refractivity contribution in [2.75, 3.05) is 32.7 Å². The first-order chi connectivity index (χ1) is 12.6. The van der Waals surface area contributed by atoms with Crippen LogP contribution in [0.1, 0.15) is 50.2 Å². The highest BCUT2D eigenvalue weighted by molar-refractivity contribution is 5.84. The zero-order valence-corrected chi connectivity index (χ0v) is 16.0. The summed E-state index contributed by atoms with van der Waals surface area (Å²) in [4.78, 5) is 29.2. The van der Waals surface area contributed by atoms with Crippen LogP contribution in [0.4, 0.5) is 0 Å². The van der Waals surface area contributed by atoms with E-state index in [0.717, 1.165) is 38.8 Å². The molecule has 0 bridgehead atoms. The molecule has 5 nitrogen and oxygen atoms in total. The Bertz CT molecular complexity index is 638. The third kappa shape index (κ3) is 4.44. The molecule has 1 aliphatic carbocycles. The molecule has 1 aliphatic heterocycles. The van der Waals surface area contributed by atoms with E-state index in [2.05, 4.69) is 35.3 Å². The second-order valence-electron chi connectivity index (χ2n) is 7.62. The minimum absolute atomic E-state index is 0.0141. The Morgan fingerprint density at radius 1 is 1.19 bits per heavy atom. The van der Waals surface area contributed by atoms with Crippen LogP contribution in [-0.2, 0) is 16.0 Å². The van der Waals surface area contributed by atoms with Crippen LogP contribution in [0.15, 0.2) is 24.3 Å². The third-order valence-corrected chi connectivity index (χ3v) is 5.74. The first-order valence-corrected chi connectivity index (χ1v) is 9.96. The summed E-state index contributed by atoms with van der Waals surface area (Å²) in [5, 5.41) is 3.01. The third-order valence-electron chi connectivity index (χ3n) is 5.74. The molecule has 2 aliphatic rings. The average Bonchev–Trinajstić information content (AvgIpc) is 2.67. The fourth-order valence-electron chi connectivity index (χ4n) is 3.98. The van der Waals surface area contributed by atoms with Gasteiger partial charge in [-0.2, -0.15) is 0 Å². The molecule has 3 rings (SSSR count). The van der Waals surface area contributed by atoms with Crippen molar-refractivity contribution >= 4 is 11.8 Å². The van der Waals surface area contributed by atoms with E-state index in [1.165, 1.54) is 11.1 Å². The lowest BCUT2D eigenvalue weighted by atomic mass is 9.82. The number of amides is 2. The van der Waals surface area contributed by atoms with Crippen molar-refractivity contribution in [2.45, 2.75) is 51.5 Å². The Morgan fingerprint density at radius 3 is 2.65 bits per heavy atom. The highest BCUT2D eigenvalue weighted by atomic mass is 16.2. The number of rotatable bonds is 5. The summed E-state index contributed by atoms with van der Waals surface area (Å²) in [6.45, 7) is 7.50. The number of piperazine rings is 1. The quantitative estimate of drug-likeness (QED) is 0.879. The molecule has 1 N–H and O–H groups in total. The van der Waals surface area contributed by atoms with E-state index < -0.39 is 0 Å². The highest BCUT2D eigenvalue weighted by Crippen LogP contribution is 2.33. The fourth-order valence-corrected chi connectivity index (χ4v) is 3.98. The number of hydrogen-bond acceptors (Lipinski definition) is 3. The normalized spacial score (nSPS) is 21.8. The van der Waals surface area contributed by atoms with Crippen LogP contribution in [0, 0.1) is 0 Å². The molecule has 0 radical (unpaired) electrons. The van der Waals surface area contributed by atoms with Gasteiger partial charge in [0.25, 0.3) is 0 Å². The number of carbonyl (C=O) groups excluding carboxylic acids is 2. The predicted molar refractivity (Wildman–Crippen MR) is 103 cm³/mol. The molecule has 26 heavy (non-hydrogen) atoms. The van der Waals surface area contributed by atoms with Crippen molar-refractivity contribution < 1.29 is 9.59 Å². The average molecular weight is 357 g/mol. The molecular weight excluding hydrogens is 326 g/mol. The maximum Gasteiger partial charge on any atom is 0.234 e. The Morgan fingerprint density at radius 2 is 1.92 bits per heavy atom. The summed E-state index contributed by atoms with van der Waals surface area (Å²) in [7, 11) is 0.